The van der Waals surface area contributed by atoms with Crippen LogP contribution >= 0.6 is 11.6 Å². The van der Waals surface area contributed by atoms with Crippen molar-refractivity contribution in [3.8, 4) is 5.88 Å². The van der Waals surface area contributed by atoms with Gasteiger partial charge in [0.1, 0.15) is 5.82 Å². The fraction of sp³-hybridized carbons (Fsp3) is 0.308. The van der Waals surface area contributed by atoms with Gasteiger partial charge >= 0.3 is 6.18 Å². The monoisotopic (exact) mass is 508 g/mol. The zero-order valence-corrected chi connectivity index (χ0v) is 20.1. The Bertz CT molecular complexity index is 1170. The van der Waals surface area contributed by atoms with Crippen LogP contribution in [0.2, 0.25) is 5.02 Å². The van der Waals surface area contributed by atoms with Gasteiger partial charge in [-0.05, 0) is 68.7 Å². The Morgan fingerprint density at radius 1 is 1.09 bits per heavy atom. The fourth-order valence-electron chi connectivity index (χ4n) is 3.63. The molecule has 0 aliphatic rings. The van der Waals surface area contributed by atoms with Crippen molar-refractivity contribution in [1.29, 1.82) is 0 Å². The molecule has 0 spiro atoms. The summed E-state index contributed by atoms with van der Waals surface area (Å²) in [7, 11) is 0. The summed E-state index contributed by atoms with van der Waals surface area (Å²) < 4.78 is 58.6. The van der Waals surface area contributed by atoms with Crippen LogP contribution in [0.25, 0.3) is 0 Å². The fourth-order valence-corrected chi connectivity index (χ4v) is 3.75. The number of hydrogen-bond acceptors (Lipinski definition) is 3. The lowest BCUT2D eigenvalue weighted by atomic mass is 9.86. The summed E-state index contributed by atoms with van der Waals surface area (Å²) >= 11 is 5.98. The molecule has 1 heterocycles. The molecule has 1 aromatic heterocycles. The summed E-state index contributed by atoms with van der Waals surface area (Å²) in [4.78, 5) is 16.9. The minimum Gasteiger partial charge on any atom is -0.462 e. The third-order valence-corrected chi connectivity index (χ3v) is 5.83. The van der Waals surface area contributed by atoms with E-state index in [2.05, 4.69) is 10.3 Å². The van der Waals surface area contributed by atoms with E-state index in [1.807, 2.05) is 12.1 Å². The number of halogens is 5. The predicted molar refractivity (Wildman–Crippen MR) is 126 cm³/mol. The number of aromatic nitrogens is 1. The van der Waals surface area contributed by atoms with E-state index in [9.17, 15) is 22.4 Å². The standard InChI is InChI=1S/C26H25ClF4N2O2/c1-16(22(18-5-4-6-21(28)14-18)13-17-7-9-20(27)10-8-17)33-24(34)25(2,3)35-23-15-19(11-12-32-23)26(29,30)31/h4-12,14-16,22H,13H2,1-3H3,(H,33,34). The van der Waals surface area contributed by atoms with E-state index in [4.69, 9.17) is 16.3 Å². The highest BCUT2D eigenvalue weighted by atomic mass is 35.5. The molecule has 0 fully saturated rings. The van der Waals surface area contributed by atoms with Gasteiger partial charge < -0.3 is 10.1 Å². The lowest BCUT2D eigenvalue weighted by molar-refractivity contribution is -0.138. The summed E-state index contributed by atoms with van der Waals surface area (Å²) in [6.45, 7) is 4.66. The number of nitrogens with zero attached hydrogens (tertiary/aromatic N) is 1. The van der Waals surface area contributed by atoms with E-state index >= 15 is 0 Å². The molecule has 1 amide bonds. The second-order valence-electron chi connectivity index (χ2n) is 8.75. The van der Waals surface area contributed by atoms with Crippen molar-refractivity contribution < 1.29 is 27.1 Å². The van der Waals surface area contributed by atoms with Crippen molar-refractivity contribution in [3.63, 3.8) is 0 Å². The van der Waals surface area contributed by atoms with Gasteiger partial charge in [-0.2, -0.15) is 13.2 Å². The summed E-state index contributed by atoms with van der Waals surface area (Å²) in [5, 5.41) is 3.46. The quantitative estimate of drug-likeness (QED) is 0.350. The number of carbonyl (C=O) groups excluding carboxylic acids is 1. The molecule has 9 heteroatoms. The minimum absolute atomic E-state index is 0.307. The second-order valence-corrected chi connectivity index (χ2v) is 9.18. The van der Waals surface area contributed by atoms with E-state index in [1.165, 1.54) is 26.0 Å². The van der Waals surface area contributed by atoms with Gasteiger partial charge in [0, 0.05) is 29.2 Å². The molecule has 0 radical (unpaired) electrons. The van der Waals surface area contributed by atoms with Gasteiger partial charge in [-0.1, -0.05) is 35.9 Å². The average Bonchev–Trinajstić information content (AvgIpc) is 2.78. The van der Waals surface area contributed by atoms with Crippen LogP contribution < -0.4 is 10.1 Å². The largest absolute Gasteiger partial charge is 0.462 e. The van der Waals surface area contributed by atoms with E-state index in [0.717, 1.165) is 23.9 Å². The first-order chi connectivity index (χ1) is 16.3. The number of amides is 1. The van der Waals surface area contributed by atoms with Crippen molar-refractivity contribution in [2.24, 2.45) is 0 Å². The van der Waals surface area contributed by atoms with Gasteiger partial charge in [-0.3, -0.25) is 4.79 Å². The van der Waals surface area contributed by atoms with Gasteiger partial charge in [0.05, 0.1) is 5.56 Å². The molecule has 4 nitrogen and oxygen atoms in total. The minimum atomic E-state index is -4.57. The van der Waals surface area contributed by atoms with Crippen molar-refractivity contribution >= 4 is 17.5 Å². The summed E-state index contributed by atoms with van der Waals surface area (Å²) in [5.74, 6) is -1.59. The van der Waals surface area contributed by atoms with Crippen LogP contribution in [0.15, 0.2) is 66.9 Å². The Morgan fingerprint density at radius 2 is 1.77 bits per heavy atom. The second kappa shape index (κ2) is 10.6. The van der Waals surface area contributed by atoms with Crippen molar-refractivity contribution in [2.75, 3.05) is 0 Å². The third-order valence-electron chi connectivity index (χ3n) is 5.58. The molecule has 3 aromatic rings. The molecule has 0 saturated carbocycles. The predicted octanol–water partition coefficient (Wildman–Crippen LogP) is 6.58. The van der Waals surface area contributed by atoms with Crippen LogP contribution in [0.4, 0.5) is 17.6 Å². The number of ether oxygens (including phenoxy) is 1. The number of rotatable bonds is 8. The van der Waals surface area contributed by atoms with Gasteiger partial charge in [-0.25, -0.2) is 9.37 Å². The zero-order chi connectivity index (χ0) is 25.8. The molecule has 0 bridgehead atoms. The highest BCUT2D eigenvalue weighted by Gasteiger charge is 2.35. The Morgan fingerprint density at radius 3 is 2.40 bits per heavy atom. The van der Waals surface area contributed by atoms with Gasteiger partial charge in [0.2, 0.25) is 5.88 Å². The first-order valence-electron chi connectivity index (χ1n) is 10.9. The molecule has 0 saturated heterocycles. The number of benzene rings is 2. The number of alkyl halides is 3. The molecular formula is C26H25ClF4N2O2. The highest BCUT2D eigenvalue weighted by molar-refractivity contribution is 6.30. The first kappa shape index (κ1) is 26.5. The van der Waals surface area contributed by atoms with Gasteiger partial charge in [-0.15, -0.1) is 0 Å². The molecule has 2 aromatic carbocycles. The summed E-state index contributed by atoms with van der Waals surface area (Å²) in [6.07, 6.45) is -3.11. The van der Waals surface area contributed by atoms with Crippen LogP contribution in [0.3, 0.4) is 0 Å². The van der Waals surface area contributed by atoms with Crippen molar-refractivity contribution in [1.82, 2.24) is 10.3 Å². The van der Waals surface area contributed by atoms with Gasteiger partial charge in [0.15, 0.2) is 5.60 Å². The Labute approximate surface area is 206 Å². The summed E-state index contributed by atoms with van der Waals surface area (Å²) in [6, 6.07) is 14.4. The number of hydrogen-bond donors (Lipinski definition) is 1. The number of carbonyl (C=O) groups is 1. The van der Waals surface area contributed by atoms with E-state index in [-0.39, 0.29) is 11.8 Å². The van der Waals surface area contributed by atoms with Crippen LogP contribution in [0.1, 0.15) is 43.4 Å². The summed E-state index contributed by atoms with van der Waals surface area (Å²) in [5.41, 5.74) is -0.834. The molecule has 1 N–H and O–H groups in total. The smallest absolute Gasteiger partial charge is 0.416 e. The van der Waals surface area contributed by atoms with E-state index < -0.39 is 35.1 Å². The first-order valence-corrected chi connectivity index (χ1v) is 11.3. The topological polar surface area (TPSA) is 51.2 Å². The maximum atomic E-state index is 14.0. The molecule has 186 valence electrons. The molecule has 0 aliphatic heterocycles. The maximum absolute atomic E-state index is 14.0. The molecule has 3 rings (SSSR count). The molecular weight excluding hydrogens is 484 g/mol. The highest BCUT2D eigenvalue weighted by Crippen LogP contribution is 2.31. The molecule has 35 heavy (non-hydrogen) atoms. The number of nitrogens with one attached hydrogen (secondary N) is 1. The van der Waals surface area contributed by atoms with Gasteiger partial charge in [0.25, 0.3) is 5.91 Å². The van der Waals surface area contributed by atoms with Crippen LogP contribution in [0, 0.1) is 5.82 Å². The van der Waals surface area contributed by atoms with Crippen molar-refractivity contribution in [3.05, 3.63) is 94.4 Å². The maximum Gasteiger partial charge on any atom is 0.416 e. The Kier molecular flexibility index (Phi) is 8.05. The van der Waals surface area contributed by atoms with Crippen LogP contribution in [0.5, 0.6) is 5.88 Å². The normalized spacial score (nSPS) is 13.7. The SMILES string of the molecule is CC(NC(=O)C(C)(C)Oc1cc(C(F)(F)F)ccn1)C(Cc1ccc(Cl)cc1)c1cccc(F)c1. The zero-order valence-electron chi connectivity index (χ0n) is 19.4. The lowest BCUT2D eigenvalue weighted by Gasteiger charge is -2.30. The van der Waals surface area contributed by atoms with Crippen molar-refractivity contribution in [2.45, 2.75) is 50.9 Å². The molecule has 2 atom stereocenters. The Hall–Kier alpha value is -3.13. The van der Waals surface area contributed by atoms with E-state index in [0.29, 0.717) is 17.0 Å². The van der Waals surface area contributed by atoms with E-state index in [1.54, 1.807) is 31.2 Å². The molecule has 0 aliphatic carbocycles. The Balaban J connectivity index is 1.79. The lowest BCUT2D eigenvalue weighted by Crippen LogP contribution is -2.51. The average molecular weight is 509 g/mol. The van der Waals surface area contributed by atoms with Crippen LogP contribution in [-0.2, 0) is 17.4 Å². The molecule has 2 unspecified atom stereocenters. The van der Waals surface area contributed by atoms with Crippen LogP contribution in [-0.4, -0.2) is 22.5 Å². The number of pyridine rings is 1. The third kappa shape index (κ3) is 7.18.